The van der Waals surface area contributed by atoms with Crippen molar-refractivity contribution in [2.24, 2.45) is 0 Å². The van der Waals surface area contributed by atoms with Crippen LogP contribution in [0.25, 0.3) is 0 Å². The van der Waals surface area contributed by atoms with E-state index in [4.69, 9.17) is 0 Å². The maximum atomic E-state index is 9.38. The van der Waals surface area contributed by atoms with Crippen LogP contribution in [0.5, 0.6) is 0 Å². The molecule has 1 N–H and O–H groups in total. The van der Waals surface area contributed by atoms with Crippen molar-refractivity contribution in [3.05, 3.63) is 27.6 Å². The Morgan fingerprint density at radius 3 is 2.82 bits per heavy atom. The van der Waals surface area contributed by atoms with Gasteiger partial charge in [0.1, 0.15) is 3.70 Å². The van der Waals surface area contributed by atoms with Crippen molar-refractivity contribution in [1.82, 2.24) is 4.98 Å². The Hall–Kier alpha value is -0.160. The summed E-state index contributed by atoms with van der Waals surface area (Å²) in [5.41, 5.74) is 0.896. The van der Waals surface area contributed by atoms with E-state index in [2.05, 4.69) is 27.6 Å². The van der Waals surface area contributed by atoms with Crippen molar-refractivity contribution in [2.45, 2.75) is 19.4 Å². The zero-order valence-electron chi connectivity index (χ0n) is 6.29. The van der Waals surface area contributed by atoms with Gasteiger partial charge in [0.25, 0.3) is 0 Å². The molecule has 3 heteroatoms. The molecule has 0 aromatic carbocycles. The third-order valence-electron chi connectivity index (χ3n) is 1.52. The highest BCUT2D eigenvalue weighted by Gasteiger charge is 2.03. The maximum absolute atomic E-state index is 9.38. The Morgan fingerprint density at radius 2 is 2.36 bits per heavy atom. The summed E-state index contributed by atoms with van der Waals surface area (Å²) in [4.78, 5) is 4.07. The molecule has 11 heavy (non-hydrogen) atoms. The van der Waals surface area contributed by atoms with Crippen LogP contribution in [-0.2, 0) is 0 Å². The van der Waals surface area contributed by atoms with Gasteiger partial charge < -0.3 is 5.11 Å². The standard InChI is InChI=1S/C8H10INO/c1-2-7(11)6-3-4-8(9)10-5-6/h3-5,7,11H,2H2,1H3. The molecule has 1 aromatic heterocycles. The molecule has 0 amide bonds. The average molecular weight is 263 g/mol. The smallest absolute Gasteiger partial charge is 0.101 e. The summed E-state index contributed by atoms with van der Waals surface area (Å²) in [6.07, 6.45) is 2.09. The molecule has 0 aliphatic rings. The third-order valence-corrected chi connectivity index (χ3v) is 2.16. The molecule has 1 aromatic rings. The highest BCUT2D eigenvalue weighted by atomic mass is 127. The molecule has 60 valence electrons. The Morgan fingerprint density at radius 1 is 1.64 bits per heavy atom. The predicted molar refractivity (Wildman–Crippen MR) is 52.2 cm³/mol. The van der Waals surface area contributed by atoms with Crippen molar-refractivity contribution >= 4 is 22.6 Å². The second kappa shape index (κ2) is 4.01. The van der Waals surface area contributed by atoms with Crippen LogP contribution in [0.15, 0.2) is 18.3 Å². The fourth-order valence-corrected chi connectivity index (χ4v) is 1.14. The molecule has 2 nitrogen and oxygen atoms in total. The molecule has 1 rings (SSSR count). The van der Waals surface area contributed by atoms with E-state index in [0.29, 0.717) is 0 Å². The van der Waals surface area contributed by atoms with Crippen LogP contribution in [0.1, 0.15) is 25.0 Å². The summed E-state index contributed by atoms with van der Waals surface area (Å²) in [6, 6.07) is 3.80. The number of halogens is 1. The lowest BCUT2D eigenvalue weighted by Gasteiger charge is -2.05. The Bertz CT molecular complexity index is 222. The van der Waals surface area contributed by atoms with Gasteiger partial charge in [0.2, 0.25) is 0 Å². The van der Waals surface area contributed by atoms with Crippen LogP contribution in [0.3, 0.4) is 0 Å². The molecule has 0 bridgehead atoms. The van der Waals surface area contributed by atoms with Gasteiger partial charge in [0.05, 0.1) is 6.10 Å². The molecule has 1 unspecified atom stereocenters. The highest BCUT2D eigenvalue weighted by Crippen LogP contribution is 2.15. The van der Waals surface area contributed by atoms with Gasteiger partial charge in [-0.2, -0.15) is 0 Å². The third kappa shape index (κ3) is 2.41. The number of aliphatic hydroxyl groups excluding tert-OH is 1. The van der Waals surface area contributed by atoms with Gasteiger partial charge in [0, 0.05) is 6.20 Å². The lowest BCUT2D eigenvalue weighted by atomic mass is 10.1. The predicted octanol–water partition coefficient (Wildman–Crippen LogP) is 2.13. The molecular weight excluding hydrogens is 253 g/mol. The van der Waals surface area contributed by atoms with Crippen molar-refractivity contribution in [3.63, 3.8) is 0 Å². The number of aliphatic hydroxyl groups is 1. The summed E-state index contributed by atoms with van der Waals surface area (Å²) in [5.74, 6) is 0. The molecule has 0 spiro atoms. The molecule has 0 saturated heterocycles. The minimum Gasteiger partial charge on any atom is -0.388 e. The Labute approximate surface area is 79.8 Å². The van der Waals surface area contributed by atoms with Crippen molar-refractivity contribution in [3.8, 4) is 0 Å². The fourth-order valence-electron chi connectivity index (χ4n) is 0.820. The van der Waals surface area contributed by atoms with Crippen molar-refractivity contribution in [1.29, 1.82) is 0 Å². The van der Waals surface area contributed by atoms with E-state index in [-0.39, 0.29) is 6.10 Å². The van der Waals surface area contributed by atoms with Crippen LogP contribution in [0, 0.1) is 3.70 Å². The van der Waals surface area contributed by atoms with Gasteiger partial charge in [-0.15, -0.1) is 0 Å². The van der Waals surface area contributed by atoms with Crippen LogP contribution < -0.4 is 0 Å². The summed E-state index contributed by atoms with van der Waals surface area (Å²) >= 11 is 2.14. The Balaban J connectivity index is 2.81. The molecule has 0 fully saturated rings. The normalized spacial score (nSPS) is 13.0. The minimum atomic E-state index is -0.362. The van der Waals surface area contributed by atoms with Crippen LogP contribution in [0.2, 0.25) is 0 Å². The monoisotopic (exact) mass is 263 g/mol. The molecule has 0 radical (unpaired) electrons. The summed E-state index contributed by atoms with van der Waals surface area (Å²) < 4.78 is 0.953. The first-order chi connectivity index (χ1) is 5.24. The fraction of sp³-hybridized carbons (Fsp3) is 0.375. The SMILES string of the molecule is CCC(O)c1ccc(I)nc1. The lowest BCUT2D eigenvalue weighted by Crippen LogP contribution is -1.95. The molecule has 1 heterocycles. The van der Waals surface area contributed by atoms with E-state index in [9.17, 15) is 5.11 Å². The van der Waals surface area contributed by atoms with Crippen molar-refractivity contribution in [2.75, 3.05) is 0 Å². The number of hydrogen-bond acceptors (Lipinski definition) is 2. The highest BCUT2D eigenvalue weighted by molar-refractivity contribution is 14.1. The van der Waals surface area contributed by atoms with Crippen molar-refractivity contribution < 1.29 is 5.11 Å². The second-order valence-electron chi connectivity index (χ2n) is 2.34. The number of nitrogens with zero attached hydrogens (tertiary/aromatic N) is 1. The summed E-state index contributed by atoms with van der Waals surface area (Å²) in [7, 11) is 0. The largest absolute Gasteiger partial charge is 0.388 e. The number of pyridine rings is 1. The van der Waals surface area contributed by atoms with Gasteiger partial charge in [-0.3, -0.25) is 0 Å². The van der Waals surface area contributed by atoms with E-state index < -0.39 is 0 Å². The van der Waals surface area contributed by atoms with Gasteiger partial charge in [-0.05, 0) is 40.6 Å². The average Bonchev–Trinajstić information content (AvgIpc) is 2.05. The molecular formula is C8H10INO. The van der Waals surface area contributed by atoms with Crippen LogP contribution >= 0.6 is 22.6 Å². The zero-order valence-corrected chi connectivity index (χ0v) is 8.45. The topological polar surface area (TPSA) is 33.1 Å². The molecule has 0 saturated carbocycles. The van der Waals surface area contributed by atoms with Gasteiger partial charge in [0.15, 0.2) is 0 Å². The number of rotatable bonds is 2. The molecule has 1 atom stereocenters. The van der Waals surface area contributed by atoms with E-state index >= 15 is 0 Å². The Kier molecular flexibility index (Phi) is 3.26. The molecule has 0 aliphatic heterocycles. The zero-order chi connectivity index (χ0) is 8.27. The van der Waals surface area contributed by atoms with E-state index in [1.807, 2.05) is 19.1 Å². The molecule has 0 aliphatic carbocycles. The van der Waals surface area contributed by atoms with Gasteiger partial charge in [-0.1, -0.05) is 13.0 Å². The quantitative estimate of drug-likeness (QED) is 0.655. The van der Waals surface area contributed by atoms with E-state index in [0.717, 1.165) is 15.7 Å². The minimum absolute atomic E-state index is 0.362. The van der Waals surface area contributed by atoms with E-state index in [1.54, 1.807) is 6.20 Å². The second-order valence-corrected chi connectivity index (χ2v) is 3.44. The van der Waals surface area contributed by atoms with E-state index in [1.165, 1.54) is 0 Å². The first-order valence-corrected chi connectivity index (χ1v) is 4.61. The first kappa shape index (κ1) is 8.93. The maximum Gasteiger partial charge on any atom is 0.101 e. The lowest BCUT2D eigenvalue weighted by molar-refractivity contribution is 0.173. The number of hydrogen-bond donors (Lipinski definition) is 1. The summed E-state index contributed by atoms with van der Waals surface area (Å²) in [6.45, 7) is 1.95. The first-order valence-electron chi connectivity index (χ1n) is 3.53. The van der Waals surface area contributed by atoms with Gasteiger partial charge in [-0.25, -0.2) is 4.98 Å². The number of aromatic nitrogens is 1. The summed E-state index contributed by atoms with van der Waals surface area (Å²) in [5, 5.41) is 9.38. The van der Waals surface area contributed by atoms with Crippen LogP contribution in [0.4, 0.5) is 0 Å². The van der Waals surface area contributed by atoms with Crippen LogP contribution in [-0.4, -0.2) is 10.1 Å². The van der Waals surface area contributed by atoms with Gasteiger partial charge >= 0.3 is 0 Å².